The zero-order valence-electron chi connectivity index (χ0n) is 11.0. The van der Waals surface area contributed by atoms with Gasteiger partial charge in [0, 0.05) is 25.0 Å². The van der Waals surface area contributed by atoms with Crippen molar-refractivity contribution in [3.05, 3.63) is 23.8 Å². The zero-order valence-corrected chi connectivity index (χ0v) is 11.0. The van der Waals surface area contributed by atoms with Crippen LogP contribution >= 0.6 is 0 Å². The third-order valence-corrected chi connectivity index (χ3v) is 3.88. The van der Waals surface area contributed by atoms with Crippen LogP contribution in [0.2, 0.25) is 0 Å². The third-order valence-electron chi connectivity index (χ3n) is 3.88. The Labute approximate surface area is 108 Å². The SMILES string of the molecule is CCC1(CNc2cc(N)ccc2C(=O)NC)CC1. The lowest BCUT2D eigenvalue weighted by atomic mass is 10.0. The molecule has 1 amide bonds. The number of carbonyl (C=O) groups excluding carboxylic acids is 1. The number of rotatable bonds is 5. The Bertz CT molecular complexity index is 452. The van der Waals surface area contributed by atoms with E-state index in [1.807, 2.05) is 6.07 Å². The average Bonchev–Trinajstić information content (AvgIpc) is 3.16. The highest BCUT2D eigenvalue weighted by Crippen LogP contribution is 2.48. The van der Waals surface area contributed by atoms with Crippen LogP contribution in [0.25, 0.3) is 0 Å². The molecule has 4 N–H and O–H groups in total. The molecule has 0 atom stereocenters. The number of nitrogens with two attached hydrogens (primary N) is 1. The van der Waals surface area contributed by atoms with E-state index in [4.69, 9.17) is 5.73 Å². The number of carbonyl (C=O) groups is 1. The van der Waals surface area contributed by atoms with E-state index >= 15 is 0 Å². The number of hydrogen-bond acceptors (Lipinski definition) is 3. The molecule has 0 unspecified atom stereocenters. The van der Waals surface area contributed by atoms with Crippen LogP contribution in [-0.4, -0.2) is 19.5 Å². The van der Waals surface area contributed by atoms with Gasteiger partial charge in [-0.1, -0.05) is 6.92 Å². The van der Waals surface area contributed by atoms with Crippen LogP contribution in [0.4, 0.5) is 11.4 Å². The number of anilines is 2. The molecule has 1 aliphatic carbocycles. The van der Waals surface area contributed by atoms with Gasteiger partial charge in [-0.2, -0.15) is 0 Å². The van der Waals surface area contributed by atoms with E-state index in [1.165, 1.54) is 19.3 Å². The molecule has 0 spiro atoms. The number of benzene rings is 1. The van der Waals surface area contributed by atoms with Crippen LogP contribution in [-0.2, 0) is 0 Å². The minimum absolute atomic E-state index is 0.0844. The van der Waals surface area contributed by atoms with E-state index in [-0.39, 0.29) is 5.91 Å². The maximum Gasteiger partial charge on any atom is 0.253 e. The molecule has 0 heterocycles. The van der Waals surface area contributed by atoms with Gasteiger partial charge < -0.3 is 16.4 Å². The molecule has 0 saturated heterocycles. The standard InChI is InChI=1S/C14H21N3O/c1-3-14(6-7-14)9-17-12-8-10(15)4-5-11(12)13(18)16-2/h4-5,8,17H,3,6-7,9,15H2,1-2H3,(H,16,18). The van der Waals surface area contributed by atoms with Crippen LogP contribution in [0.3, 0.4) is 0 Å². The Morgan fingerprint density at radius 3 is 2.72 bits per heavy atom. The first-order valence-electron chi connectivity index (χ1n) is 6.46. The summed E-state index contributed by atoms with van der Waals surface area (Å²) in [4.78, 5) is 11.8. The molecule has 0 aromatic heterocycles. The van der Waals surface area contributed by atoms with Gasteiger partial charge in [0.2, 0.25) is 0 Å². The van der Waals surface area contributed by atoms with Crippen molar-refractivity contribution in [3.8, 4) is 0 Å². The summed E-state index contributed by atoms with van der Waals surface area (Å²) in [6, 6.07) is 5.35. The minimum Gasteiger partial charge on any atom is -0.399 e. The van der Waals surface area contributed by atoms with E-state index < -0.39 is 0 Å². The topological polar surface area (TPSA) is 67.1 Å². The monoisotopic (exact) mass is 247 g/mol. The van der Waals surface area contributed by atoms with Crippen molar-refractivity contribution < 1.29 is 4.79 Å². The second-order valence-electron chi connectivity index (χ2n) is 5.09. The number of amides is 1. The summed E-state index contributed by atoms with van der Waals surface area (Å²) in [5.74, 6) is -0.0844. The normalized spacial score (nSPS) is 16.1. The van der Waals surface area contributed by atoms with E-state index in [0.29, 0.717) is 16.7 Å². The molecule has 18 heavy (non-hydrogen) atoms. The van der Waals surface area contributed by atoms with Crippen LogP contribution < -0.4 is 16.4 Å². The Hall–Kier alpha value is -1.71. The van der Waals surface area contributed by atoms with Crippen LogP contribution in [0.1, 0.15) is 36.5 Å². The first-order valence-corrected chi connectivity index (χ1v) is 6.46. The molecule has 4 heteroatoms. The molecule has 1 saturated carbocycles. The lowest BCUT2D eigenvalue weighted by molar-refractivity contribution is 0.0964. The van der Waals surface area contributed by atoms with Crippen LogP contribution in [0.5, 0.6) is 0 Å². The van der Waals surface area contributed by atoms with Gasteiger partial charge in [-0.25, -0.2) is 0 Å². The molecule has 0 bridgehead atoms. The lowest BCUT2D eigenvalue weighted by Crippen LogP contribution is -2.21. The highest BCUT2D eigenvalue weighted by molar-refractivity contribution is 6.00. The van der Waals surface area contributed by atoms with Gasteiger partial charge in [0.1, 0.15) is 0 Å². The fourth-order valence-corrected chi connectivity index (χ4v) is 2.16. The molecule has 0 radical (unpaired) electrons. The van der Waals surface area contributed by atoms with Crippen molar-refractivity contribution in [2.45, 2.75) is 26.2 Å². The van der Waals surface area contributed by atoms with E-state index in [1.54, 1.807) is 19.2 Å². The molecular formula is C14H21N3O. The molecule has 1 fully saturated rings. The summed E-state index contributed by atoms with van der Waals surface area (Å²) < 4.78 is 0. The second kappa shape index (κ2) is 4.88. The fourth-order valence-electron chi connectivity index (χ4n) is 2.16. The highest BCUT2D eigenvalue weighted by Gasteiger charge is 2.40. The van der Waals surface area contributed by atoms with Gasteiger partial charge in [-0.15, -0.1) is 0 Å². The van der Waals surface area contributed by atoms with Crippen molar-refractivity contribution in [3.63, 3.8) is 0 Å². The summed E-state index contributed by atoms with van der Waals surface area (Å²) in [6.07, 6.45) is 3.72. The molecule has 1 aromatic carbocycles. The molecule has 1 aromatic rings. The number of hydrogen-bond donors (Lipinski definition) is 3. The molecule has 2 rings (SSSR count). The molecular weight excluding hydrogens is 226 g/mol. The Balaban J connectivity index is 2.14. The van der Waals surface area contributed by atoms with Crippen molar-refractivity contribution in [2.75, 3.05) is 24.6 Å². The number of nitrogens with one attached hydrogen (secondary N) is 2. The Kier molecular flexibility index (Phi) is 3.45. The molecule has 1 aliphatic rings. The van der Waals surface area contributed by atoms with Crippen LogP contribution in [0, 0.1) is 5.41 Å². The van der Waals surface area contributed by atoms with Gasteiger partial charge in [0.05, 0.1) is 5.56 Å². The molecule has 98 valence electrons. The van der Waals surface area contributed by atoms with Crippen molar-refractivity contribution >= 4 is 17.3 Å². The maximum atomic E-state index is 11.8. The highest BCUT2D eigenvalue weighted by atomic mass is 16.1. The summed E-state index contributed by atoms with van der Waals surface area (Å²) in [7, 11) is 1.64. The largest absolute Gasteiger partial charge is 0.399 e. The van der Waals surface area contributed by atoms with E-state index in [9.17, 15) is 4.79 Å². The van der Waals surface area contributed by atoms with Gasteiger partial charge >= 0.3 is 0 Å². The smallest absolute Gasteiger partial charge is 0.253 e. The van der Waals surface area contributed by atoms with Crippen molar-refractivity contribution in [1.82, 2.24) is 5.32 Å². The van der Waals surface area contributed by atoms with Gasteiger partial charge in [0.25, 0.3) is 5.91 Å². The van der Waals surface area contributed by atoms with Gasteiger partial charge in [-0.05, 0) is 42.9 Å². The Morgan fingerprint density at radius 2 is 2.17 bits per heavy atom. The third kappa shape index (κ3) is 2.58. The summed E-state index contributed by atoms with van der Waals surface area (Å²) >= 11 is 0. The molecule has 0 aliphatic heterocycles. The second-order valence-corrected chi connectivity index (χ2v) is 5.09. The summed E-state index contributed by atoms with van der Waals surface area (Å²) in [5, 5.41) is 6.03. The van der Waals surface area contributed by atoms with E-state index in [0.717, 1.165) is 12.2 Å². The predicted octanol–water partition coefficient (Wildman–Crippen LogP) is 2.23. The first kappa shape index (κ1) is 12.7. The summed E-state index contributed by atoms with van der Waals surface area (Å²) in [5.41, 5.74) is 8.37. The predicted molar refractivity (Wildman–Crippen MR) is 74.7 cm³/mol. The van der Waals surface area contributed by atoms with E-state index in [2.05, 4.69) is 17.6 Å². The zero-order chi connectivity index (χ0) is 13.2. The minimum atomic E-state index is -0.0844. The van der Waals surface area contributed by atoms with Gasteiger partial charge in [0.15, 0.2) is 0 Å². The quantitative estimate of drug-likeness (QED) is 0.699. The van der Waals surface area contributed by atoms with Crippen molar-refractivity contribution in [2.24, 2.45) is 5.41 Å². The maximum absolute atomic E-state index is 11.8. The fraction of sp³-hybridized carbons (Fsp3) is 0.500. The first-order chi connectivity index (χ1) is 8.60. The average molecular weight is 247 g/mol. The summed E-state index contributed by atoms with van der Waals surface area (Å²) in [6.45, 7) is 3.13. The van der Waals surface area contributed by atoms with Gasteiger partial charge in [-0.3, -0.25) is 4.79 Å². The van der Waals surface area contributed by atoms with Crippen LogP contribution in [0.15, 0.2) is 18.2 Å². The lowest BCUT2D eigenvalue weighted by Gasteiger charge is -2.17. The Morgan fingerprint density at radius 1 is 1.44 bits per heavy atom. The number of nitrogen functional groups attached to an aromatic ring is 1. The molecule has 4 nitrogen and oxygen atoms in total. The van der Waals surface area contributed by atoms with Crippen molar-refractivity contribution in [1.29, 1.82) is 0 Å².